The van der Waals surface area contributed by atoms with Crippen LogP contribution in [0.4, 0.5) is 4.39 Å². The van der Waals surface area contributed by atoms with Crippen molar-refractivity contribution in [2.45, 2.75) is 51.2 Å². The number of benzene rings is 1. The average Bonchev–Trinajstić information content (AvgIpc) is 2.45. The van der Waals surface area contributed by atoms with Crippen molar-refractivity contribution in [1.29, 1.82) is 0 Å². The van der Waals surface area contributed by atoms with Gasteiger partial charge in [0.05, 0.1) is 0 Å². The number of aliphatic hydroxyl groups is 1. The van der Waals surface area contributed by atoms with Crippen LogP contribution < -0.4 is 5.32 Å². The zero-order valence-electron chi connectivity index (χ0n) is 12.1. The molecule has 1 atom stereocenters. The number of amides is 1. The van der Waals surface area contributed by atoms with E-state index in [-0.39, 0.29) is 13.0 Å². The average molecular weight is 281 g/mol. The molecule has 0 saturated carbocycles. The summed E-state index contributed by atoms with van der Waals surface area (Å²) in [6.07, 6.45) is 3.33. The van der Waals surface area contributed by atoms with Crippen LogP contribution >= 0.6 is 0 Å². The third-order valence-corrected chi connectivity index (χ3v) is 3.32. The second kappa shape index (κ2) is 8.69. The van der Waals surface area contributed by atoms with Crippen LogP contribution in [-0.2, 0) is 11.3 Å². The van der Waals surface area contributed by atoms with Crippen LogP contribution in [0.2, 0.25) is 0 Å². The molecule has 0 aliphatic rings. The maximum Gasteiger partial charge on any atom is 0.257 e. The molecule has 0 unspecified atom stereocenters. The first-order valence-corrected chi connectivity index (χ1v) is 7.18. The lowest BCUT2D eigenvalue weighted by molar-refractivity contribution is -0.132. The van der Waals surface area contributed by atoms with Gasteiger partial charge in [-0.05, 0) is 31.7 Å². The van der Waals surface area contributed by atoms with Gasteiger partial charge >= 0.3 is 0 Å². The Morgan fingerprint density at radius 2 is 1.85 bits per heavy atom. The summed E-state index contributed by atoms with van der Waals surface area (Å²) >= 11 is 0. The zero-order valence-corrected chi connectivity index (χ0v) is 12.1. The summed E-state index contributed by atoms with van der Waals surface area (Å²) in [5.74, 6) is -0.552. The van der Waals surface area contributed by atoms with Gasteiger partial charge in [-0.25, -0.2) is 4.39 Å². The van der Waals surface area contributed by atoms with Crippen LogP contribution in [0.3, 0.4) is 0 Å². The standard InChI is InChI=1S/C16H24FNO2/c1-16(17,11-7-2-3-8-12-19)15(20)18-13-14-9-5-4-6-10-14/h4-6,9-10,19H,2-3,7-8,11-13H2,1H3,(H,18,20)/t16-/m0/s1. The lowest BCUT2D eigenvalue weighted by Crippen LogP contribution is -2.40. The fourth-order valence-corrected chi connectivity index (χ4v) is 2.00. The van der Waals surface area contributed by atoms with Crippen molar-refractivity contribution >= 4 is 5.91 Å². The number of rotatable bonds is 9. The van der Waals surface area contributed by atoms with Crippen molar-refractivity contribution in [3.8, 4) is 0 Å². The summed E-state index contributed by atoms with van der Waals surface area (Å²) in [5.41, 5.74) is -0.867. The molecular formula is C16H24FNO2. The number of hydrogen-bond acceptors (Lipinski definition) is 2. The van der Waals surface area contributed by atoms with Gasteiger partial charge in [0, 0.05) is 13.2 Å². The molecule has 0 aliphatic heterocycles. The molecule has 0 saturated heterocycles. The van der Waals surface area contributed by atoms with Crippen LogP contribution in [0.25, 0.3) is 0 Å². The lowest BCUT2D eigenvalue weighted by atomic mass is 9.98. The van der Waals surface area contributed by atoms with E-state index >= 15 is 0 Å². The van der Waals surface area contributed by atoms with Gasteiger partial charge < -0.3 is 10.4 Å². The number of halogens is 1. The van der Waals surface area contributed by atoms with Crippen molar-refractivity contribution in [1.82, 2.24) is 5.32 Å². The van der Waals surface area contributed by atoms with Gasteiger partial charge in [0.25, 0.3) is 5.91 Å². The van der Waals surface area contributed by atoms with Crippen LogP contribution in [0.5, 0.6) is 0 Å². The number of nitrogens with one attached hydrogen (secondary N) is 1. The molecule has 20 heavy (non-hydrogen) atoms. The Kier molecular flexibility index (Phi) is 7.23. The number of alkyl halides is 1. The van der Waals surface area contributed by atoms with E-state index in [2.05, 4.69) is 5.32 Å². The van der Waals surface area contributed by atoms with Crippen LogP contribution in [-0.4, -0.2) is 23.3 Å². The minimum atomic E-state index is -1.83. The fraction of sp³-hybridized carbons (Fsp3) is 0.562. The van der Waals surface area contributed by atoms with E-state index in [1.54, 1.807) is 0 Å². The number of carbonyl (C=O) groups excluding carboxylic acids is 1. The lowest BCUT2D eigenvalue weighted by Gasteiger charge is -2.19. The first-order chi connectivity index (χ1) is 9.56. The minimum absolute atomic E-state index is 0.171. The van der Waals surface area contributed by atoms with Crippen molar-refractivity contribution in [2.75, 3.05) is 6.61 Å². The summed E-state index contributed by atoms with van der Waals surface area (Å²) in [4.78, 5) is 11.8. The molecule has 0 aromatic heterocycles. The van der Waals surface area contributed by atoms with Crippen molar-refractivity contribution < 1.29 is 14.3 Å². The van der Waals surface area contributed by atoms with Gasteiger partial charge in [-0.2, -0.15) is 0 Å². The van der Waals surface area contributed by atoms with Crippen LogP contribution in [0.1, 0.15) is 44.6 Å². The molecule has 0 heterocycles. The molecule has 1 aromatic carbocycles. The Bertz CT molecular complexity index is 393. The molecule has 0 aliphatic carbocycles. The SMILES string of the molecule is C[C@](F)(CCCCCCO)C(=O)NCc1ccccc1. The zero-order chi connectivity index (χ0) is 14.8. The Morgan fingerprint density at radius 3 is 2.50 bits per heavy atom. The Morgan fingerprint density at radius 1 is 1.20 bits per heavy atom. The topological polar surface area (TPSA) is 49.3 Å². The molecule has 4 heteroatoms. The maximum atomic E-state index is 14.2. The van der Waals surface area contributed by atoms with Gasteiger partial charge in [-0.1, -0.05) is 43.2 Å². The second-order valence-corrected chi connectivity index (χ2v) is 5.25. The van der Waals surface area contributed by atoms with Crippen molar-refractivity contribution in [2.24, 2.45) is 0 Å². The molecule has 1 rings (SSSR count). The highest BCUT2D eigenvalue weighted by Gasteiger charge is 2.31. The molecular weight excluding hydrogens is 257 g/mol. The normalized spacial score (nSPS) is 13.8. The molecule has 1 aromatic rings. The van der Waals surface area contributed by atoms with E-state index < -0.39 is 11.6 Å². The highest BCUT2D eigenvalue weighted by Crippen LogP contribution is 2.20. The van der Waals surface area contributed by atoms with Gasteiger partial charge in [0.15, 0.2) is 5.67 Å². The Balaban J connectivity index is 2.29. The minimum Gasteiger partial charge on any atom is -0.396 e. The van der Waals surface area contributed by atoms with E-state index in [9.17, 15) is 9.18 Å². The van der Waals surface area contributed by atoms with Gasteiger partial charge in [-0.3, -0.25) is 4.79 Å². The monoisotopic (exact) mass is 281 g/mol. The highest BCUT2D eigenvalue weighted by atomic mass is 19.1. The molecule has 2 N–H and O–H groups in total. The summed E-state index contributed by atoms with van der Waals surface area (Å²) in [6, 6.07) is 9.46. The van der Waals surface area contributed by atoms with E-state index in [4.69, 9.17) is 5.11 Å². The first-order valence-electron chi connectivity index (χ1n) is 7.18. The quantitative estimate of drug-likeness (QED) is 0.684. The second-order valence-electron chi connectivity index (χ2n) is 5.25. The van der Waals surface area contributed by atoms with Gasteiger partial charge in [-0.15, -0.1) is 0 Å². The number of carbonyl (C=O) groups is 1. The Labute approximate surface area is 120 Å². The summed E-state index contributed by atoms with van der Waals surface area (Å²) < 4.78 is 14.2. The van der Waals surface area contributed by atoms with Crippen molar-refractivity contribution in [3.05, 3.63) is 35.9 Å². The van der Waals surface area contributed by atoms with Crippen LogP contribution in [0.15, 0.2) is 30.3 Å². The van der Waals surface area contributed by atoms with Gasteiger partial charge in [0.2, 0.25) is 0 Å². The van der Waals surface area contributed by atoms with E-state index in [1.807, 2.05) is 30.3 Å². The predicted octanol–water partition coefficient (Wildman–Crippen LogP) is 2.97. The van der Waals surface area contributed by atoms with Gasteiger partial charge in [0.1, 0.15) is 0 Å². The van der Waals surface area contributed by atoms with E-state index in [1.165, 1.54) is 6.92 Å². The molecule has 112 valence electrons. The smallest absolute Gasteiger partial charge is 0.257 e. The van der Waals surface area contributed by atoms with E-state index in [0.717, 1.165) is 24.8 Å². The third kappa shape index (κ3) is 6.15. The summed E-state index contributed by atoms with van der Waals surface area (Å²) in [6.45, 7) is 1.85. The third-order valence-electron chi connectivity index (χ3n) is 3.32. The summed E-state index contributed by atoms with van der Waals surface area (Å²) in [5, 5.41) is 11.3. The number of hydrogen-bond donors (Lipinski definition) is 2. The molecule has 0 fully saturated rings. The molecule has 3 nitrogen and oxygen atoms in total. The predicted molar refractivity (Wildman–Crippen MR) is 78.0 cm³/mol. The maximum absolute atomic E-state index is 14.2. The van der Waals surface area contributed by atoms with Crippen molar-refractivity contribution in [3.63, 3.8) is 0 Å². The van der Waals surface area contributed by atoms with E-state index in [0.29, 0.717) is 13.0 Å². The molecule has 0 radical (unpaired) electrons. The van der Waals surface area contributed by atoms with Crippen LogP contribution in [0, 0.1) is 0 Å². The Hall–Kier alpha value is -1.42. The molecule has 0 bridgehead atoms. The molecule has 1 amide bonds. The summed E-state index contributed by atoms with van der Waals surface area (Å²) in [7, 11) is 0. The fourth-order valence-electron chi connectivity index (χ4n) is 2.00. The number of unbranched alkanes of at least 4 members (excludes halogenated alkanes) is 3. The number of aliphatic hydroxyl groups excluding tert-OH is 1. The highest BCUT2D eigenvalue weighted by molar-refractivity contribution is 5.84. The largest absolute Gasteiger partial charge is 0.396 e. The molecule has 0 spiro atoms. The first kappa shape index (κ1) is 16.6.